The quantitative estimate of drug-likeness (QED) is 0.722. The van der Waals surface area contributed by atoms with E-state index in [0.717, 1.165) is 0 Å². The maximum Gasteiger partial charge on any atom is 0.389 e. The molecule has 0 aliphatic heterocycles. The number of ether oxygens (including phenoxy) is 1. The van der Waals surface area contributed by atoms with Crippen LogP contribution in [0.2, 0.25) is 0 Å². The monoisotopic (exact) mass is 299 g/mol. The first-order valence-corrected chi connectivity index (χ1v) is 5.93. The van der Waals surface area contributed by atoms with Crippen LogP contribution in [0, 0.1) is 28.1 Å². The van der Waals surface area contributed by atoms with Gasteiger partial charge in [0.2, 0.25) is 0 Å². The predicted octanol–water partition coefficient (Wildman–Crippen LogP) is 3.16. The van der Waals surface area contributed by atoms with Crippen LogP contribution in [0.4, 0.5) is 13.2 Å². The number of halogens is 3. The van der Waals surface area contributed by atoms with E-state index in [0.29, 0.717) is 0 Å². The van der Waals surface area contributed by atoms with E-state index in [1.807, 2.05) is 0 Å². The Kier molecular flexibility index (Phi) is 5.37. The zero-order valence-electron chi connectivity index (χ0n) is 11.0. The fourth-order valence-electron chi connectivity index (χ4n) is 1.55. The van der Waals surface area contributed by atoms with Crippen LogP contribution in [0.15, 0.2) is 23.2 Å². The van der Waals surface area contributed by atoms with Gasteiger partial charge in [0.05, 0.1) is 12.1 Å². The summed E-state index contributed by atoms with van der Waals surface area (Å²) in [6, 6.07) is 4.60. The summed E-state index contributed by atoms with van der Waals surface area (Å²) in [4.78, 5) is 0. The smallest absolute Gasteiger partial charge is 0.389 e. The van der Waals surface area contributed by atoms with Crippen LogP contribution in [0.1, 0.15) is 18.6 Å². The van der Waals surface area contributed by atoms with Gasteiger partial charge in [-0.3, -0.25) is 0 Å². The van der Waals surface area contributed by atoms with Gasteiger partial charge in [0, 0.05) is 18.9 Å². The van der Waals surface area contributed by atoms with Gasteiger partial charge in [-0.2, -0.15) is 23.7 Å². The lowest BCUT2D eigenvalue weighted by Gasteiger charge is -2.17. The fourth-order valence-corrected chi connectivity index (χ4v) is 1.55. The standard InChI is InChI=1S/C13H12F3N3O2/c1-2-5-20-11-6-10(21-19-11)7-12(8-17,9-18)3-4-13(14,15)16/h2,6H,1,3-5,7H2. The largest absolute Gasteiger partial charge is 0.471 e. The molecule has 0 spiro atoms. The summed E-state index contributed by atoms with van der Waals surface area (Å²) in [5, 5.41) is 21.6. The molecule has 0 aromatic carbocycles. The molecule has 0 unspecified atom stereocenters. The molecule has 1 aromatic heterocycles. The minimum Gasteiger partial charge on any atom is -0.471 e. The molecule has 1 heterocycles. The average Bonchev–Trinajstić information content (AvgIpc) is 2.88. The van der Waals surface area contributed by atoms with Crippen molar-refractivity contribution in [2.24, 2.45) is 5.41 Å². The van der Waals surface area contributed by atoms with Gasteiger partial charge in [-0.05, 0) is 11.6 Å². The molecule has 0 bridgehead atoms. The van der Waals surface area contributed by atoms with Gasteiger partial charge >= 0.3 is 6.18 Å². The van der Waals surface area contributed by atoms with Gasteiger partial charge in [-0.25, -0.2) is 0 Å². The topological polar surface area (TPSA) is 82.8 Å². The van der Waals surface area contributed by atoms with Crippen LogP contribution in [-0.2, 0) is 6.42 Å². The second-order valence-electron chi connectivity index (χ2n) is 4.33. The van der Waals surface area contributed by atoms with Crippen LogP contribution >= 0.6 is 0 Å². The first-order chi connectivity index (χ1) is 9.84. The molecule has 5 nitrogen and oxygen atoms in total. The van der Waals surface area contributed by atoms with Crippen LogP contribution in [0.25, 0.3) is 0 Å². The number of aromatic nitrogens is 1. The average molecular weight is 299 g/mol. The number of hydrogen-bond acceptors (Lipinski definition) is 5. The van der Waals surface area contributed by atoms with E-state index >= 15 is 0 Å². The van der Waals surface area contributed by atoms with E-state index in [4.69, 9.17) is 19.8 Å². The van der Waals surface area contributed by atoms with Crippen molar-refractivity contribution in [3.8, 4) is 18.0 Å². The Bertz CT molecular complexity index is 552. The summed E-state index contributed by atoms with van der Waals surface area (Å²) in [6.07, 6.45) is -5.10. The molecule has 0 saturated heterocycles. The van der Waals surface area contributed by atoms with Crippen molar-refractivity contribution in [2.75, 3.05) is 6.61 Å². The van der Waals surface area contributed by atoms with Crippen LogP contribution in [0.5, 0.6) is 5.88 Å². The van der Waals surface area contributed by atoms with E-state index < -0.39 is 24.4 Å². The third-order valence-corrected chi connectivity index (χ3v) is 2.63. The van der Waals surface area contributed by atoms with E-state index in [9.17, 15) is 13.2 Å². The molecule has 0 radical (unpaired) electrons. The lowest BCUT2D eigenvalue weighted by molar-refractivity contribution is -0.138. The van der Waals surface area contributed by atoms with Crippen molar-refractivity contribution >= 4 is 0 Å². The number of alkyl halides is 3. The zero-order chi connectivity index (χ0) is 15.9. The summed E-state index contributed by atoms with van der Waals surface area (Å²) in [7, 11) is 0. The predicted molar refractivity (Wildman–Crippen MR) is 64.8 cm³/mol. The highest BCUT2D eigenvalue weighted by atomic mass is 19.4. The molecule has 1 aromatic rings. The lowest BCUT2D eigenvalue weighted by atomic mass is 9.82. The normalized spacial score (nSPS) is 11.5. The van der Waals surface area contributed by atoms with E-state index in [1.54, 1.807) is 12.1 Å². The Morgan fingerprint density at radius 2 is 2.00 bits per heavy atom. The number of rotatable bonds is 7. The van der Waals surface area contributed by atoms with Crippen molar-refractivity contribution in [2.45, 2.75) is 25.4 Å². The molecule has 0 aliphatic rings. The number of nitrogens with zero attached hydrogens (tertiary/aromatic N) is 3. The highest BCUT2D eigenvalue weighted by Crippen LogP contribution is 2.33. The SMILES string of the molecule is C=CCOc1cc(CC(C#N)(C#N)CCC(F)(F)F)on1. The maximum atomic E-state index is 12.3. The Hall–Kier alpha value is -2.48. The molecule has 0 fully saturated rings. The van der Waals surface area contributed by atoms with E-state index in [2.05, 4.69) is 11.7 Å². The van der Waals surface area contributed by atoms with Gasteiger partial charge in [0.15, 0.2) is 5.41 Å². The molecular formula is C13H12F3N3O2. The molecule has 8 heteroatoms. The second kappa shape index (κ2) is 6.80. The van der Waals surface area contributed by atoms with Gasteiger partial charge in [-0.1, -0.05) is 12.7 Å². The summed E-state index contributed by atoms with van der Waals surface area (Å²) < 4.78 is 46.7. The van der Waals surface area contributed by atoms with Crippen molar-refractivity contribution in [3.05, 3.63) is 24.5 Å². The Balaban J connectivity index is 2.79. The first-order valence-electron chi connectivity index (χ1n) is 5.93. The van der Waals surface area contributed by atoms with Crippen LogP contribution in [-0.4, -0.2) is 17.9 Å². The van der Waals surface area contributed by atoms with Gasteiger partial charge < -0.3 is 9.26 Å². The van der Waals surface area contributed by atoms with Crippen molar-refractivity contribution in [1.82, 2.24) is 5.16 Å². The minimum absolute atomic E-state index is 0.110. The highest BCUT2D eigenvalue weighted by molar-refractivity contribution is 5.21. The molecule has 0 atom stereocenters. The van der Waals surface area contributed by atoms with Crippen LogP contribution in [0.3, 0.4) is 0 Å². The van der Waals surface area contributed by atoms with Gasteiger partial charge in [-0.15, -0.1) is 0 Å². The van der Waals surface area contributed by atoms with Crippen LogP contribution < -0.4 is 4.74 Å². The summed E-state index contributed by atoms with van der Waals surface area (Å²) in [6.45, 7) is 3.62. The molecule has 1 rings (SSSR count). The van der Waals surface area contributed by atoms with Crippen molar-refractivity contribution in [3.63, 3.8) is 0 Å². The molecule has 0 saturated carbocycles. The Labute approximate surface area is 119 Å². The zero-order valence-corrected chi connectivity index (χ0v) is 11.0. The summed E-state index contributed by atoms with van der Waals surface area (Å²) in [5.41, 5.74) is -1.81. The van der Waals surface area contributed by atoms with Crippen molar-refractivity contribution < 1.29 is 22.4 Å². The Morgan fingerprint density at radius 3 is 2.52 bits per heavy atom. The minimum atomic E-state index is -4.43. The number of nitriles is 2. The molecule has 0 N–H and O–H groups in total. The maximum absolute atomic E-state index is 12.3. The van der Waals surface area contributed by atoms with Gasteiger partial charge in [0.1, 0.15) is 12.4 Å². The fraction of sp³-hybridized carbons (Fsp3) is 0.462. The molecule has 21 heavy (non-hydrogen) atoms. The molecule has 0 aliphatic carbocycles. The van der Waals surface area contributed by atoms with E-state index in [-0.39, 0.29) is 24.7 Å². The third-order valence-electron chi connectivity index (χ3n) is 2.63. The van der Waals surface area contributed by atoms with Gasteiger partial charge in [0.25, 0.3) is 5.88 Å². The lowest BCUT2D eigenvalue weighted by Crippen LogP contribution is -2.22. The summed E-state index contributed by atoms with van der Waals surface area (Å²) in [5.74, 6) is 0.227. The second-order valence-corrected chi connectivity index (χ2v) is 4.33. The highest BCUT2D eigenvalue weighted by Gasteiger charge is 2.38. The molecule has 0 amide bonds. The molecule has 112 valence electrons. The Morgan fingerprint density at radius 1 is 1.33 bits per heavy atom. The third kappa shape index (κ3) is 5.19. The first kappa shape index (κ1) is 16.6. The summed E-state index contributed by atoms with van der Waals surface area (Å²) >= 11 is 0. The van der Waals surface area contributed by atoms with E-state index in [1.165, 1.54) is 12.1 Å². The number of hydrogen-bond donors (Lipinski definition) is 0. The molecular weight excluding hydrogens is 287 g/mol. The van der Waals surface area contributed by atoms with Crippen molar-refractivity contribution in [1.29, 1.82) is 10.5 Å².